The fourth-order valence-corrected chi connectivity index (χ4v) is 5.84. The number of amides is 3. The lowest BCUT2D eigenvalue weighted by molar-refractivity contribution is 0.0240. The lowest BCUT2D eigenvalue weighted by atomic mass is 9.96. The molecule has 2 saturated heterocycles. The van der Waals surface area contributed by atoms with Crippen LogP contribution in [0.5, 0.6) is 5.75 Å². The van der Waals surface area contributed by atoms with Gasteiger partial charge in [0.05, 0.1) is 30.6 Å². The monoisotopic (exact) mass is 653 g/mol. The summed E-state index contributed by atoms with van der Waals surface area (Å²) in [4.78, 5) is 49.1. The van der Waals surface area contributed by atoms with Crippen LogP contribution in [0.25, 0.3) is 22.3 Å². The summed E-state index contributed by atoms with van der Waals surface area (Å²) in [5.41, 5.74) is 2.46. The van der Waals surface area contributed by atoms with E-state index in [0.717, 1.165) is 0 Å². The van der Waals surface area contributed by atoms with E-state index in [1.165, 1.54) is 32.5 Å². The summed E-state index contributed by atoms with van der Waals surface area (Å²) in [6.07, 6.45) is 1.07. The van der Waals surface area contributed by atoms with Crippen molar-refractivity contribution < 1.29 is 33.0 Å². The zero-order chi connectivity index (χ0) is 33.3. The van der Waals surface area contributed by atoms with Crippen molar-refractivity contribution in [2.45, 2.75) is 26.4 Å². The Labute approximate surface area is 272 Å². The van der Waals surface area contributed by atoms with Crippen molar-refractivity contribution in [2.75, 3.05) is 70.3 Å². The van der Waals surface area contributed by atoms with E-state index in [9.17, 15) is 14.4 Å². The van der Waals surface area contributed by atoms with Crippen LogP contribution in [0.4, 0.5) is 25.4 Å². The number of hydrogen-bond acceptors (Lipinski definition) is 8. The minimum absolute atomic E-state index is 0.0945. The average molecular weight is 654 g/mol. The highest BCUT2D eigenvalue weighted by Crippen LogP contribution is 2.43. The summed E-state index contributed by atoms with van der Waals surface area (Å²) in [5.74, 6) is -0.775. The quantitative estimate of drug-likeness (QED) is 0.302. The largest absolute Gasteiger partial charge is 0.495 e. The topological polar surface area (TPSA) is 105 Å². The number of carbonyl (C=O) groups is 3. The molecular weight excluding hydrogens is 617 g/mol. The van der Waals surface area contributed by atoms with Gasteiger partial charge in [-0.2, -0.15) is 0 Å². The van der Waals surface area contributed by atoms with Gasteiger partial charge in [0.15, 0.2) is 5.69 Å². The van der Waals surface area contributed by atoms with E-state index < -0.39 is 23.5 Å². The van der Waals surface area contributed by atoms with Crippen LogP contribution in [-0.2, 0) is 9.47 Å². The van der Waals surface area contributed by atoms with Gasteiger partial charge >= 0.3 is 18.1 Å². The maximum atomic E-state index is 15.3. The van der Waals surface area contributed by atoms with Crippen LogP contribution in [-0.4, -0.2) is 99.0 Å². The zero-order valence-electron chi connectivity index (χ0n) is 26.7. The molecule has 3 amide bonds. The van der Waals surface area contributed by atoms with Crippen LogP contribution in [0.3, 0.4) is 0 Å². The minimum atomic E-state index is -0.625. The van der Waals surface area contributed by atoms with Crippen molar-refractivity contribution in [3.63, 3.8) is 0 Å². The normalized spacial score (nSPS) is 15.3. The molecule has 3 aromatic rings. The highest BCUT2D eigenvalue weighted by molar-refractivity contribution is 6.34. The molecule has 0 bridgehead atoms. The number of halogens is 2. The number of nitrogens with zero attached hydrogens (tertiary/aromatic N) is 5. The number of ether oxygens (including phenoxy) is 3. The molecule has 0 N–H and O–H groups in total. The Morgan fingerprint density at radius 1 is 0.913 bits per heavy atom. The number of pyridine rings is 1. The van der Waals surface area contributed by atoms with Gasteiger partial charge in [-0.05, 0) is 56.7 Å². The Morgan fingerprint density at radius 3 is 2.15 bits per heavy atom. The summed E-state index contributed by atoms with van der Waals surface area (Å²) in [5, 5.41) is 0.339. The number of esters is 1. The zero-order valence-corrected chi connectivity index (χ0v) is 27.5. The molecule has 11 nitrogen and oxygen atoms in total. The smallest absolute Gasteiger partial charge is 0.410 e. The minimum Gasteiger partial charge on any atom is -0.495 e. The highest BCUT2D eigenvalue weighted by atomic mass is 35.5. The van der Waals surface area contributed by atoms with Crippen molar-refractivity contribution in [2.24, 2.45) is 0 Å². The third-order valence-electron chi connectivity index (χ3n) is 7.85. The van der Waals surface area contributed by atoms with Gasteiger partial charge < -0.3 is 28.9 Å². The molecule has 2 aromatic carbocycles. The second kappa shape index (κ2) is 13.0. The van der Waals surface area contributed by atoms with Gasteiger partial charge in [0.25, 0.3) is 0 Å². The summed E-state index contributed by atoms with van der Waals surface area (Å²) in [6.45, 7) is 8.06. The summed E-state index contributed by atoms with van der Waals surface area (Å²) in [6, 6.07) is 9.48. The molecule has 0 spiro atoms. The van der Waals surface area contributed by atoms with Crippen LogP contribution >= 0.6 is 11.6 Å². The molecule has 2 fully saturated rings. The molecule has 2 aliphatic heterocycles. The van der Waals surface area contributed by atoms with Crippen molar-refractivity contribution >= 4 is 41.1 Å². The fourth-order valence-electron chi connectivity index (χ4n) is 5.56. The standard InChI is InChI=1S/C33H37ClFN5O6/c1-33(2,3)46-32(43)39-12-10-38(11-13-39)27-16-21(19-36-28(27)30(41)45-6)24-18-22(35)17-23(29(24)44-5)20-7-8-26(25(34)15-20)40-14-9-37(4)31(40)42/h7-8,15-19H,9-14H2,1-6H3. The number of anilines is 2. The number of benzene rings is 2. The third-order valence-corrected chi connectivity index (χ3v) is 8.16. The Kier molecular flexibility index (Phi) is 9.29. The number of urea groups is 1. The average Bonchev–Trinajstić information content (AvgIpc) is 3.36. The molecular formula is C33H37ClFN5O6. The Hall–Kier alpha value is -4.58. The van der Waals surface area contributed by atoms with E-state index in [2.05, 4.69) is 4.98 Å². The second-order valence-corrected chi connectivity index (χ2v) is 12.5. The van der Waals surface area contributed by atoms with Crippen LogP contribution in [0, 0.1) is 5.82 Å². The molecule has 0 unspecified atom stereocenters. The Morgan fingerprint density at radius 2 is 1.59 bits per heavy atom. The second-order valence-electron chi connectivity index (χ2n) is 12.1. The first-order valence-electron chi connectivity index (χ1n) is 14.8. The molecule has 0 saturated carbocycles. The fraction of sp³-hybridized carbons (Fsp3) is 0.394. The van der Waals surface area contributed by atoms with E-state index in [1.807, 2.05) is 25.7 Å². The number of rotatable bonds is 6. The van der Waals surface area contributed by atoms with E-state index in [-0.39, 0.29) is 11.7 Å². The van der Waals surface area contributed by atoms with Gasteiger partial charge in [-0.3, -0.25) is 4.90 Å². The molecule has 0 radical (unpaired) electrons. The first kappa shape index (κ1) is 32.8. The predicted octanol–water partition coefficient (Wildman–Crippen LogP) is 5.93. The SMILES string of the molecule is COC(=O)c1ncc(-c2cc(F)cc(-c3ccc(N4CCN(C)C4=O)c(Cl)c3)c2OC)cc1N1CCN(C(=O)OC(C)(C)C)CC1. The van der Waals surface area contributed by atoms with Crippen molar-refractivity contribution in [3.8, 4) is 28.0 Å². The number of carbonyl (C=O) groups excluding carboxylic acids is 3. The predicted molar refractivity (Wildman–Crippen MR) is 173 cm³/mol. The van der Waals surface area contributed by atoms with E-state index in [0.29, 0.717) is 83.7 Å². The Balaban J connectivity index is 1.50. The number of likely N-dealkylation sites (N-methyl/N-ethyl adjacent to an activating group) is 1. The van der Waals surface area contributed by atoms with Gasteiger partial charge in [0, 0.05) is 69.2 Å². The van der Waals surface area contributed by atoms with Gasteiger partial charge in [0.2, 0.25) is 0 Å². The number of piperazine rings is 1. The van der Waals surface area contributed by atoms with E-state index in [4.69, 9.17) is 25.8 Å². The van der Waals surface area contributed by atoms with Crippen LogP contribution in [0.15, 0.2) is 42.6 Å². The molecule has 46 heavy (non-hydrogen) atoms. The van der Waals surface area contributed by atoms with Crippen molar-refractivity contribution in [1.29, 1.82) is 0 Å². The third kappa shape index (κ3) is 6.67. The number of hydrogen-bond donors (Lipinski definition) is 0. The summed E-state index contributed by atoms with van der Waals surface area (Å²) >= 11 is 6.65. The molecule has 244 valence electrons. The molecule has 2 aliphatic rings. The maximum absolute atomic E-state index is 15.3. The lowest BCUT2D eigenvalue weighted by Gasteiger charge is -2.37. The highest BCUT2D eigenvalue weighted by Gasteiger charge is 2.30. The molecule has 13 heteroatoms. The maximum Gasteiger partial charge on any atom is 0.410 e. The molecule has 3 heterocycles. The van der Waals surface area contributed by atoms with Crippen molar-refractivity contribution in [1.82, 2.24) is 14.8 Å². The van der Waals surface area contributed by atoms with E-state index in [1.54, 1.807) is 46.0 Å². The summed E-state index contributed by atoms with van der Waals surface area (Å²) in [7, 11) is 4.49. The number of aromatic nitrogens is 1. The van der Waals surface area contributed by atoms with Crippen molar-refractivity contribution in [3.05, 3.63) is 59.1 Å². The van der Waals surface area contributed by atoms with Gasteiger partial charge in [-0.15, -0.1) is 0 Å². The van der Waals surface area contributed by atoms with Gasteiger partial charge in [-0.25, -0.2) is 23.8 Å². The van der Waals surface area contributed by atoms with Gasteiger partial charge in [-0.1, -0.05) is 17.7 Å². The molecule has 5 rings (SSSR count). The molecule has 0 atom stereocenters. The molecule has 0 aliphatic carbocycles. The summed E-state index contributed by atoms with van der Waals surface area (Å²) < 4.78 is 31.6. The van der Waals surface area contributed by atoms with E-state index >= 15 is 4.39 Å². The first-order valence-corrected chi connectivity index (χ1v) is 15.2. The lowest BCUT2D eigenvalue weighted by Crippen LogP contribution is -2.50. The number of methoxy groups -OCH3 is 2. The van der Waals surface area contributed by atoms with Gasteiger partial charge in [0.1, 0.15) is 17.2 Å². The van der Waals surface area contributed by atoms with Crippen LogP contribution in [0.1, 0.15) is 31.3 Å². The molecule has 1 aromatic heterocycles. The van der Waals surface area contributed by atoms with Crippen LogP contribution < -0.4 is 14.5 Å². The van der Waals surface area contributed by atoms with Crippen LogP contribution in [0.2, 0.25) is 5.02 Å². The Bertz CT molecular complexity index is 1670. The first-order chi connectivity index (χ1) is 21.8.